The summed E-state index contributed by atoms with van der Waals surface area (Å²) in [5, 5.41) is 3.44. The van der Waals surface area contributed by atoms with E-state index in [4.69, 9.17) is 14.2 Å². The third-order valence-electron chi connectivity index (χ3n) is 7.91. The number of esters is 1. The van der Waals surface area contributed by atoms with Crippen LogP contribution >= 0.6 is 0 Å². The fraction of sp³-hybridized carbons (Fsp3) is 0.300. The molecule has 0 radical (unpaired) electrons. The Morgan fingerprint density at radius 3 is 2.39 bits per heavy atom. The Balaban J connectivity index is 1.40. The molecule has 0 aliphatic carbocycles. The van der Waals surface area contributed by atoms with Crippen molar-refractivity contribution in [3.8, 4) is 22.6 Å². The van der Waals surface area contributed by atoms with Gasteiger partial charge in [0.25, 0.3) is 0 Å². The first kappa shape index (κ1) is 24.2. The molecule has 8 nitrogen and oxygen atoms in total. The van der Waals surface area contributed by atoms with Crippen LogP contribution in [0.25, 0.3) is 11.1 Å². The third kappa shape index (κ3) is 3.67. The third-order valence-corrected chi connectivity index (χ3v) is 7.91. The molecule has 0 unspecified atom stereocenters. The van der Waals surface area contributed by atoms with Gasteiger partial charge in [-0.3, -0.25) is 24.6 Å². The van der Waals surface area contributed by atoms with Gasteiger partial charge < -0.3 is 14.2 Å². The predicted octanol–water partition coefficient (Wildman–Crippen LogP) is 3.50. The van der Waals surface area contributed by atoms with Gasteiger partial charge in [0, 0.05) is 19.0 Å². The van der Waals surface area contributed by atoms with Crippen LogP contribution in [0.5, 0.6) is 11.5 Å². The number of rotatable bonds is 6. The summed E-state index contributed by atoms with van der Waals surface area (Å²) in [6.45, 7) is 2.24. The number of benzene rings is 3. The average Bonchev–Trinajstić information content (AvgIpc) is 3.62. The van der Waals surface area contributed by atoms with Gasteiger partial charge >= 0.3 is 5.97 Å². The minimum absolute atomic E-state index is 0.208. The number of carbonyl (C=O) groups is 3. The van der Waals surface area contributed by atoms with Gasteiger partial charge in [-0.1, -0.05) is 60.7 Å². The van der Waals surface area contributed by atoms with E-state index in [0.29, 0.717) is 11.5 Å². The zero-order chi connectivity index (χ0) is 26.4. The molecule has 3 aliphatic rings. The number of nitrogens with zero attached hydrogens (tertiary/aromatic N) is 1. The van der Waals surface area contributed by atoms with Crippen LogP contribution < -0.4 is 14.8 Å². The van der Waals surface area contributed by atoms with E-state index in [2.05, 4.69) is 5.32 Å². The van der Waals surface area contributed by atoms with E-state index in [1.165, 1.54) is 12.0 Å². The van der Waals surface area contributed by atoms with Crippen LogP contribution in [0.2, 0.25) is 0 Å². The van der Waals surface area contributed by atoms with Gasteiger partial charge in [-0.15, -0.1) is 0 Å². The molecule has 2 saturated heterocycles. The van der Waals surface area contributed by atoms with Crippen molar-refractivity contribution in [3.63, 3.8) is 0 Å². The molecule has 3 aromatic carbocycles. The summed E-state index contributed by atoms with van der Waals surface area (Å²) < 4.78 is 16.2. The first-order chi connectivity index (χ1) is 18.5. The summed E-state index contributed by atoms with van der Waals surface area (Å²) in [6.07, 6.45) is 0.226. The minimum atomic E-state index is -1.38. The van der Waals surface area contributed by atoms with E-state index >= 15 is 0 Å². The smallest absolute Gasteiger partial charge is 0.327 e. The maximum absolute atomic E-state index is 13.6. The molecule has 3 aromatic rings. The highest BCUT2D eigenvalue weighted by Crippen LogP contribution is 2.50. The molecule has 3 aliphatic heterocycles. The van der Waals surface area contributed by atoms with Crippen molar-refractivity contribution in [2.45, 2.75) is 24.9 Å². The maximum atomic E-state index is 13.6. The van der Waals surface area contributed by atoms with Gasteiger partial charge in [0.1, 0.15) is 5.54 Å². The summed E-state index contributed by atoms with van der Waals surface area (Å²) in [4.78, 5) is 41.9. The summed E-state index contributed by atoms with van der Waals surface area (Å²) in [6, 6.07) is 22.6. The van der Waals surface area contributed by atoms with Gasteiger partial charge in [-0.2, -0.15) is 0 Å². The van der Waals surface area contributed by atoms with Gasteiger partial charge in [0.2, 0.25) is 18.6 Å². The first-order valence-corrected chi connectivity index (χ1v) is 12.7. The van der Waals surface area contributed by atoms with Gasteiger partial charge in [0.05, 0.1) is 18.9 Å². The zero-order valence-corrected chi connectivity index (χ0v) is 21.2. The van der Waals surface area contributed by atoms with E-state index in [-0.39, 0.29) is 31.6 Å². The predicted molar refractivity (Wildman–Crippen MR) is 138 cm³/mol. The van der Waals surface area contributed by atoms with E-state index in [1.54, 1.807) is 6.92 Å². The van der Waals surface area contributed by atoms with Crippen LogP contribution in [0.15, 0.2) is 72.8 Å². The molecule has 8 heteroatoms. The quantitative estimate of drug-likeness (QED) is 0.399. The molecule has 194 valence electrons. The second-order valence-electron chi connectivity index (χ2n) is 9.86. The lowest BCUT2D eigenvalue weighted by atomic mass is 9.76. The molecule has 0 aromatic heterocycles. The van der Waals surface area contributed by atoms with E-state index < -0.39 is 29.4 Å². The lowest BCUT2D eigenvalue weighted by Crippen LogP contribution is -2.57. The van der Waals surface area contributed by atoms with E-state index in [0.717, 1.165) is 22.3 Å². The molecule has 0 saturated carbocycles. The highest BCUT2D eigenvalue weighted by atomic mass is 16.7. The number of hydrogen-bond donors (Lipinski definition) is 1. The number of fused-ring (bicyclic) bond motifs is 2. The maximum Gasteiger partial charge on any atom is 0.327 e. The Kier molecular flexibility index (Phi) is 5.91. The molecule has 1 N–H and O–H groups in total. The van der Waals surface area contributed by atoms with Crippen LogP contribution in [0.3, 0.4) is 0 Å². The van der Waals surface area contributed by atoms with Crippen molar-refractivity contribution in [2.24, 2.45) is 11.8 Å². The standard InChI is InChI=1S/C30H28N2O6/c1-3-32-27(33)24-25(28(32)34)30(29(35)36-2,16-18-7-5-4-6-8-18)31-26(24)20-11-9-19(10-12-20)21-13-14-22-23(15-21)38-17-37-22/h4-15,24-26,31H,3,16-17H2,1-2H3/t24-,25-,26-,30-/m1/s1. The monoisotopic (exact) mass is 512 g/mol. The number of likely N-dealkylation sites (tertiary alicyclic amines) is 1. The van der Waals surface area contributed by atoms with Gasteiger partial charge in [0.15, 0.2) is 11.5 Å². The molecule has 3 heterocycles. The molecular weight excluding hydrogens is 484 g/mol. The number of hydrogen-bond acceptors (Lipinski definition) is 7. The Hall–Kier alpha value is -4.17. The van der Waals surface area contributed by atoms with Gasteiger partial charge in [-0.25, -0.2) is 0 Å². The number of amides is 2. The molecule has 0 bridgehead atoms. The molecular formula is C30H28N2O6. The number of ether oxygens (including phenoxy) is 3. The van der Waals surface area contributed by atoms with Crippen LogP contribution in [-0.2, 0) is 25.5 Å². The largest absolute Gasteiger partial charge is 0.468 e. The summed E-state index contributed by atoms with van der Waals surface area (Å²) in [5.74, 6) is -1.33. The SMILES string of the molecule is CCN1C(=O)[C@H]2[C@@H](c3ccc(-c4ccc5c(c4)OCO5)cc3)N[C@@](Cc3ccccc3)(C(=O)OC)[C@H]2C1=O. The fourth-order valence-electron chi connectivity index (χ4n) is 6.14. The fourth-order valence-corrected chi connectivity index (χ4v) is 6.14. The van der Waals surface area contributed by atoms with Crippen LogP contribution in [0.1, 0.15) is 24.1 Å². The Morgan fingerprint density at radius 2 is 1.68 bits per heavy atom. The molecule has 2 amide bonds. The molecule has 6 rings (SSSR count). The highest BCUT2D eigenvalue weighted by Gasteiger charge is 2.68. The van der Waals surface area contributed by atoms with Crippen molar-refractivity contribution < 1.29 is 28.6 Å². The molecule has 2 fully saturated rings. The number of imide groups is 1. The van der Waals surface area contributed by atoms with Crippen LogP contribution in [0.4, 0.5) is 0 Å². The zero-order valence-electron chi connectivity index (χ0n) is 21.2. The summed E-state index contributed by atoms with van der Waals surface area (Å²) in [5.41, 5.74) is 2.25. The highest BCUT2D eigenvalue weighted by molar-refractivity contribution is 6.09. The molecule has 4 atom stereocenters. The Morgan fingerprint density at radius 1 is 0.974 bits per heavy atom. The average molecular weight is 513 g/mol. The van der Waals surface area contributed by atoms with Crippen molar-refractivity contribution in [3.05, 3.63) is 83.9 Å². The first-order valence-electron chi connectivity index (χ1n) is 12.7. The normalized spacial score (nSPS) is 25.5. The lowest BCUT2D eigenvalue weighted by molar-refractivity contribution is -0.154. The Bertz CT molecular complexity index is 1410. The van der Waals surface area contributed by atoms with E-state index in [1.807, 2.05) is 72.8 Å². The Labute approximate surface area is 220 Å². The number of methoxy groups -OCH3 is 1. The number of nitrogens with one attached hydrogen (secondary N) is 1. The van der Waals surface area contributed by atoms with Gasteiger partial charge in [-0.05, 0) is 41.3 Å². The molecule has 38 heavy (non-hydrogen) atoms. The van der Waals surface area contributed by atoms with Crippen molar-refractivity contribution in [2.75, 3.05) is 20.4 Å². The van der Waals surface area contributed by atoms with Crippen LogP contribution in [0, 0.1) is 11.8 Å². The number of carbonyl (C=O) groups excluding carboxylic acids is 3. The minimum Gasteiger partial charge on any atom is -0.468 e. The lowest BCUT2D eigenvalue weighted by Gasteiger charge is -2.32. The van der Waals surface area contributed by atoms with Crippen molar-refractivity contribution in [1.82, 2.24) is 10.2 Å². The molecule has 0 spiro atoms. The second kappa shape index (κ2) is 9.29. The summed E-state index contributed by atoms with van der Waals surface area (Å²) in [7, 11) is 1.32. The van der Waals surface area contributed by atoms with Crippen molar-refractivity contribution in [1.29, 1.82) is 0 Å². The second-order valence-corrected chi connectivity index (χ2v) is 9.86. The van der Waals surface area contributed by atoms with E-state index in [9.17, 15) is 14.4 Å². The van der Waals surface area contributed by atoms with Crippen LogP contribution in [-0.4, -0.2) is 48.7 Å². The van der Waals surface area contributed by atoms with Crippen molar-refractivity contribution >= 4 is 17.8 Å². The topological polar surface area (TPSA) is 94.2 Å². The summed E-state index contributed by atoms with van der Waals surface area (Å²) >= 11 is 0.